The van der Waals surface area contributed by atoms with Crippen LogP contribution in [0.15, 0.2) is 0 Å². The van der Waals surface area contributed by atoms with E-state index in [-0.39, 0.29) is 6.54 Å². The Labute approximate surface area is 103 Å². The molecule has 0 aromatic heterocycles. The molecule has 4 heteroatoms. The fourth-order valence-corrected chi connectivity index (χ4v) is 2.54. The molecule has 0 amide bonds. The first kappa shape index (κ1) is 14.5. The predicted molar refractivity (Wildman–Crippen MR) is 66.9 cm³/mol. The minimum Gasteiger partial charge on any atom is -0.479 e. The van der Waals surface area contributed by atoms with Gasteiger partial charge in [-0.2, -0.15) is 0 Å². The van der Waals surface area contributed by atoms with Gasteiger partial charge in [0.25, 0.3) is 0 Å². The normalized spacial score (nSPS) is 28.6. The maximum Gasteiger partial charge on any atom is 0.336 e. The highest BCUT2D eigenvalue weighted by molar-refractivity contribution is 5.76. The number of aliphatic carboxylic acids is 1. The number of carboxylic acids is 1. The van der Waals surface area contributed by atoms with Crippen LogP contribution in [0, 0.1) is 11.8 Å². The Balaban J connectivity index is 2.13. The summed E-state index contributed by atoms with van der Waals surface area (Å²) in [6.45, 7) is 4.53. The van der Waals surface area contributed by atoms with Gasteiger partial charge in [0.05, 0.1) is 0 Å². The molecule has 3 atom stereocenters. The van der Waals surface area contributed by atoms with Gasteiger partial charge in [0.2, 0.25) is 0 Å². The van der Waals surface area contributed by atoms with Gasteiger partial charge < -0.3 is 15.5 Å². The van der Waals surface area contributed by atoms with Crippen LogP contribution in [-0.2, 0) is 4.79 Å². The molecule has 0 aromatic carbocycles. The zero-order valence-electron chi connectivity index (χ0n) is 10.9. The van der Waals surface area contributed by atoms with E-state index in [9.17, 15) is 9.90 Å². The lowest BCUT2D eigenvalue weighted by molar-refractivity contribution is -0.156. The second-order valence-corrected chi connectivity index (χ2v) is 5.68. The van der Waals surface area contributed by atoms with Gasteiger partial charge in [-0.25, -0.2) is 4.79 Å². The SMILES string of the molecule is CC1CCCC(CCNCC(C)(O)C(=O)O)C1. The van der Waals surface area contributed by atoms with Crippen molar-refractivity contribution in [3.8, 4) is 0 Å². The van der Waals surface area contributed by atoms with Crippen molar-refractivity contribution >= 4 is 5.97 Å². The number of hydrogen-bond acceptors (Lipinski definition) is 3. The van der Waals surface area contributed by atoms with Crippen molar-refractivity contribution in [1.29, 1.82) is 0 Å². The van der Waals surface area contributed by atoms with Gasteiger partial charge >= 0.3 is 5.97 Å². The summed E-state index contributed by atoms with van der Waals surface area (Å²) < 4.78 is 0. The van der Waals surface area contributed by atoms with Crippen molar-refractivity contribution < 1.29 is 15.0 Å². The van der Waals surface area contributed by atoms with E-state index in [1.54, 1.807) is 0 Å². The van der Waals surface area contributed by atoms with Crippen molar-refractivity contribution in [2.75, 3.05) is 13.1 Å². The molecule has 0 aromatic rings. The molecule has 0 bridgehead atoms. The van der Waals surface area contributed by atoms with Gasteiger partial charge in [-0.1, -0.05) is 26.2 Å². The summed E-state index contributed by atoms with van der Waals surface area (Å²) in [5, 5.41) is 21.3. The topological polar surface area (TPSA) is 69.6 Å². The van der Waals surface area contributed by atoms with Gasteiger partial charge in [-0.05, 0) is 38.1 Å². The van der Waals surface area contributed by atoms with E-state index in [0.29, 0.717) is 0 Å². The molecule has 3 unspecified atom stereocenters. The summed E-state index contributed by atoms with van der Waals surface area (Å²) in [4.78, 5) is 10.7. The fraction of sp³-hybridized carbons (Fsp3) is 0.923. The molecule has 0 saturated heterocycles. The number of nitrogens with one attached hydrogen (secondary N) is 1. The van der Waals surface area contributed by atoms with Gasteiger partial charge in [-0.15, -0.1) is 0 Å². The summed E-state index contributed by atoms with van der Waals surface area (Å²) in [5.41, 5.74) is -1.65. The average Bonchev–Trinajstić information content (AvgIpc) is 2.24. The molecule has 0 aliphatic heterocycles. The van der Waals surface area contributed by atoms with E-state index in [0.717, 1.165) is 24.8 Å². The molecule has 0 heterocycles. The van der Waals surface area contributed by atoms with Crippen molar-refractivity contribution in [3.05, 3.63) is 0 Å². The first-order chi connectivity index (χ1) is 7.92. The smallest absolute Gasteiger partial charge is 0.336 e. The van der Waals surface area contributed by atoms with Crippen LogP contribution in [0.25, 0.3) is 0 Å². The van der Waals surface area contributed by atoms with E-state index in [4.69, 9.17) is 5.11 Å². The van der Waals surface area contributed by atoms with E-state index in [2.05, 4.69) is 12.2 Å². The van der Waals surface area contributed by atoms with Crippen LogP contribution in [0.5, 0.6) is 0 Å². The highest BCUT2D eigenvalue weighted by Crippen LogP contribution is 2.30. The molecule has 1 aliphatic rings. The van der Waals surface area contributed by atoms with Crippen molar-refractivity contribution in [3.63, 3.8) is 0 Å². The molecule has 1 saturated carbocycles. The third-order valence-electron chi connectivity index (χ3n) is 3.70. The first-order valence-corrected chi connectivity index (χ1v) is 6.58. The molecule has 0 spiro atoms. The lowest BCUT2D eigenvalue weighted by Gasteiger charge is -2.27. The Morgan fingerprint density at radius 2 is 2.18 bits per heavy atom. The van der Waals surface area contributed by atoms with Crippen molar-refractivity contribution in [2.45, 2.75) is 51.6 Å². The van der Waals surface area contributed by atoms with Gasteiger partial charge in [0.15, 0.2) is 5.60 Å². The predicted octanol–water partition coefficient (Wildman–Crippen LogP) is 1.63. The largest absolute Gasteiger partial charge is 0.479 e. The molecule has 4 nitrogen and oxygen atoms in total. The van der Waals surface area contributed by atoms with E-state index < -0.39 is 11.6 Å². The van der Waals surface area contributed by atoms with Crippen LogP contribution >= 0.6 is 0 Å². The minimum absolute atomic E-state index is 0.116. The Kier molecular flexibility index (Phi) is 5.40. The molecular weight excluding hydrogens is 218 g/mol. The summed E-state index contributed by atoms with van der Waals surface area (Å²) in [6, 6.07) is 0. The lowest BCUT2D eigenvalue weighted by Crippen LogP contribution is -2.45. The third-order valence-corrected chi connectivity index (χ3v) is 3.70. The zero-order valence-corrected chi connectivity index (χ0v) is 10.9. The highest BCUT2D eigenvalue weighted by atomic mass is 16.4. The van der Waals surface area contributed by atoms with Gasteiger partial charge in [0.1, 0.15) is 0 Å². The van der Waals surface area contributed by atoms with Crippen LogP contribution < -0.4 is 5.32 Å². The van der Waals surface area contributed by atoms with Gasteiger partial charge in [-0.3, -0.25) is 0 Å². The molecule has 17 heavy (non-hydrogen) atoms. The summed E-state index contributed by atoms with van der Waals surface area (Å²) >= 11 is 0. The maximum atomic E-state index is 10.7. The molecule has 0 radical (unpaired) electrons. The number of carbonyl (C=O) groups is 1. The Bertz CT molecular complexity index is 253. The van der Waals surface area contributed by atoms with Crippen LogP contribution in [0.4, 0.5) is 0 Å². The van der Waals surface area contributed by atoms with E-state index in [1.165, 1.54) is 32.6 Å². The van der Waals surface area contributed by atoms with Crippen LogP contribution in [0.2, 0.25) is 0 Å². The standard InChI is InChI=1S/C13H25NO3/c1-10-4-3-5-11(8-10)6-7-14-9-13(2,17)12(15)16/h10-11,14,17H,3-9H2,1-2H3,(H,15,16). The summed E-state index contributed by atoms with van der Waals surface area (Å²) in [5.74, 6) is 0.424. The number of rotatable bonds is 6. The van der Waals surface area contributed by atoms with Gasteiger partial charge in [0, 0.05) is 6.54 Å². The van der Waals surface area contributed by atoms with Crippen LogP contribution in [-0.4, -0.2) is 34.9 Å². The number of aliphatic hydroxyl groups is 1. The second-order valence-electron chi connectivity index (χ2n) is 5.68. The summed E-state index contributed by atoms with van der Waals surface area (Å²) in [7, 11) is 0. The van der Waals surface area contributed by atoms with Crippen LogP contribution in [0.3, 0.4) is 0 Å². The second kappa shape index (κ2) is 6.36. The highest BCUT2D eigenvalue weighted by Gasteiger charge is 2.29. The Morgan fingerprint density at radius 1 is 1.47 bits per heavy atom. The number of carboxylic acid groups (broad SMARTS) is 1. The molecule has 100 valence electrons. The van der Waals surface area contributed by atoms with Crippen molar-refractivity contribution in [2.24, 2.45) is 11.8 Å². The average molecular weight is 243 g/mol. The van der Waals surface area contributed by atoms with E-state index >= 15 is 0 Å². The monoisotopic (exact) mass is 243 g/mol. The van der Waals surface area contributed by atoms with Crippen LogP contribution in [0.1, 0.15) is 46.0 Å². The Hall–Kier alpha value is -0.610. The summed E-state index contributed by atoms with van der Waals surface area (Å²) in [6.07, 6.45) is 6.33. The minimum atomic E-state index is -1.65. The fourth-order valence-electron chi connectivity index (χ4n) is 2.54. The molecular formula is C13H25NO3. The molecule has 1 fully saturated rings. The lowest BCUT2D eigenvalue weighted by atomic mass is 9.81. The number of hydrogen-bond donors (Lipinski definition) is 3. The van der Waals surface area contributed by atoms with E-state index in [1.807, 2.05) is 0 Å². The zero-order chi connectivity index (χ0) is 12.9. The molecule has 1 aliphatic carbocycles. The molecule has 3 N–H and O–H groups in total. The maximum absolute atomic E-state index is 10.7. The molecule has 1 rings (SSSR count). The van der Waals surface area contributed by atoms with Crippen molar-refractivity contribution in [1.82, 2.24) is 5.32 Å². The Morgan fingerprint density at radius 3 is 2.76 bits per heavy atom. The third kappa shape index (κ3) is 5.04. The quantitative estimate of drug-likeness (QED) is 0.620. The first-order valence-electron chi connectivity index (χ1n) is 6.58.